The molecular formula is C16H19FN2. The average molecular weight is 258 g/mol. The van der Waals surface area contributed by atoms with Gasteiger partial charge in [0.15, 0.2) is 0 Å². The van der Waals surface area contributed by atoms with E-state index in [2.05, 4.69) is 0 Å². The molecule has 0 saturated carbocycles. The van der Waals surface area contributed by atoms with Gasteiger partial charge in [0.25, 0.3) is 0 Å². The van der Waals surface area contributed by atoms with Gasteiger partial charge in [0.1, 0.15) is 5.82 Å². The fourth-order valence-corrected chi connectivity index (χ4v) is 2.10. The third kappa shape index (κ3) is 2.70. The Morgan fingerprint density at radius 3 is 1.95 bits per heavy atom. The Morgan fingerprint density at radius 1 is 0.789 bits per heavy atom. The normalized spacial score (nSPS) is 10.4. The Labute approximate surface area is 114 Å². The summed E-state index contributed by atoms with van der Waals surface area (Å²) >= 11 is 0. The number of halogens is 1. The third-order valence-corrected chi connectivity index (χ3v) is 3.15. The molecule has 2 nitrogen and oxygen atoms in total. The number of benzene rings is 2. The maximum atomic E-state index is 14.1. The van der Waals surface area contributed by atoms with Crippen molar-refractivity contribution in [1.82, 2.24) is 0 Å². The van der Waals surface area contributed by atoms with Crippen LogP contribution in [0.2, 0.25) is 0 Å². The van der Waals surface area contributed by atoms with E-state index in [4.69, 9.17) is 0 Å². The van der Waals surface area contributed by atoms with Crippen LogP contribution in [-0.4, -0.2) is 28.2 Å². The van der Waals surface area contributed by atoms with Crippen LogP contribution in [0.15, 0.2) is 42.5 Å². The van der Waals surface area contributed by atoms with Crippen LogP contribution in [0.1, 0.15) is 0 Å². The summed E-state index contributed by atoms with van der Waals surface area (Å²) in [7, 11) is 7.83. The van der Waals surface area contributed by atoms with Gasteiger partial charge >= 0.3 is 0 Å². The minimum Gasteiger partial charge on any atom is -0.378 e. The summed E-state index contributed by atoms with van der Waals surface area (Å²) in [5.41, 5.74) is 3.54. The molecule has 3 heteroatoms. The van der Waals surface area contributed by atoms with Gasteiger partial charge in [0.05, 0.1) is 0 Å². The molecule has 0 heterocycles. The largest absolute Gasteiger partial charge is 0.378 e. The highest BCUT2D eigenvalue weighted by Gasteiger charge is 2.12. The molecule has 0 fully saturated rings. The van der Waals surface area contributed by atoms with E-state index in [0.29, 0.717) is 5.56 Å². The number of nitrogens with zero attached hydrogens (tertiary/aromatic N) is 2. The predicted octanol–water partition coefficient (Wildman–Crippen LogP) is 3.62. The lowest BCUT2D eigenvalue weighted by Crippen LogP contribution is -2.11. The van der Waals surface area contributed by atoms with E-state index >= 15 is 0 Å². The van der Waals surface area contributed by atoms with Gasteiger partial charge in [-0.05, 0) is 29.8 Å². The second kappa shape index (κ2) is 5.31. The van der Waals surface area contributed by atoms with Crippen molar-refractivity contribution in [1.29, 1.82) is 0 Å². The van der Waals surface area contributed by atoms with Crippen molar-refractivity contribution in [3.63, 3.8) is 0 Å². The summed E-state index contributed by atoms with van der Waals surface area (Å²) in [6.07, 6.45) is 0. The molecule has 2 rings (SSSR count). The van der Waals surface area contributed by atoms with E-state index < -0.39 is 0 Å². The van der Waals surface area contributed by atoms with Crippen LogP contribution in [0.5, 0.6) is 0 Å². The first-order chi connectivity index (χ1) is 9.00. The summed E-state index contributed by atoms with van der Waals surface area (Å²) in [4.78, 5) is 3.95. The second-order valence-corrected chi connectivity index (χ2v) is 4.97. The lowest BCUT2D eigenvalue weighted by molar-refractivity contribution is 0.631. The molecule has 0 amide bonds. The molecule has 0 atom stereocenters. The highest BCUT2D eigenvalue weighted by Crippen LogP contribution is 2.33. The van der Waals surface area contributed by atoms with Crippen molar-refractivity contribution >= 4 is 11.4 Å². The lowest BCUT2D eigenvalue weighted by Gasteiger charge is -2.19. The Bertz CT molecular complexity index is 559. The van der Waals surface area contributed by atoms with Crippen LogP contribution in [0, 0.1) is 5.82 Å². The zero-order chi connectivity index (χ0) is 14.0. The molecule has 0 saturated heterocycles. The third-order valence-electron chi connectivity index (χ3n) is 3.15. The quantitative estimate of drug-likeness (QED) is 0.829. The van der Waals surface area contributed by atoms with Gasteiger partial charge in [-0.3, -0.25) is 0 Å². The Balaban J connectivity index is 2.52. The van der Waals surface area contributed by atoms with E-state index in [0.717, 1.165) is 16.9 Å². The van der Waals surface area contributed by atoms with E-state index in [1.807, 2.05) is 68.3 Å². The summed E-state index contributed by atoms with van der Waals surface area (Å²) in [6, 6.07) is 13.1. The first-order valence-corrected chi connectivity index (χ1v) is 6.24. The first kappa shape index (κ1) is 13.4. The molecule has 0 radical (unpaired) electrons. The van der Waals surface area contributed by atoms with E-state index in [1.165, 1.54) is 6.07 Å². The smallest absolute Gasteiger partial charge is 0.133 e. The van der Waals surface area contributed by atoms with E-state index in [1.54, 1.807) is 6.07 Å². The molecule has 0 unspecified atom stereocenters. The highest BCUT2D eigenvalue weighted by atomic mass is 19.1. The number of anilines is 2. The van der Waals surface area contributed by atoms with Crippen LogP contribution in [-0.2, 0) is 0 Å². The number of rotatable bonds is 3. The molecule has 0 bridgehead atoms. The standard InChI is InChI=1S/C16H19FN2/c1-18(2)13-10-8-12(9-11-13)16-14(17)6-5-7-15(16)19(3)4/h5-11H,1-4H3. The molecule has 100 valence electrons. The van der Waals surface area contributed by atoms with Crippen LogP contribution in [0.25, 0.3) is 11.1 Å². The fourth-order valence-electron chi connectivity index (χ4n) is 2.10. The topological polar surface area (TPSA) is 6.48 Å². The lowest BCUT2D eigenvalue weighted by atomic mass is 10.0. The van der Waals surface area contributed by atoms with E-state index in [-0.39, 0.29) is 5.82 Å². The molecular weight excluding hydrogens is 239 g/mol. The minimum absolute atomic E-state index is 0.191. The van der Waals surface area contributed by atoms with Crippen molar-refractivity contribution in [3.8, 4) is 11.1 Å². The van der Waals surface area contributed by atoms with Gasteiger partial charge in [-0.2, -0.15) is 0 Å². The molecule has 19 heavy (non-hydrogen) atoms. The second-order valence-electron chi connectivity index (χ2n) is 4.97. The van der Waals surface area contributed by atoms with Crippen LogP contribution in [0.4, 0.5) is 15.8 Å². The Hall–Kier alpha value is -2.03. The number of hydrogen-bond donors (Lipinski definition) is 0. The SMILES string of the molecule is CN(C)c1ccc(-c2c(F)cccc2N(C)C)cc1. The van der Waals surface area contributed by atoms with Gasteiger partial charge in [-0.1, -0.05) is 18.2 Å². The van der Waals surface area contributed by atoms with Gasteiger partial charge in [0, 0.05) is 45.1 Å². The van der Waals surface area contributed by atoms with E-state index in [9.17, 15) is 4.39 Å². The molecule has 0 spiro atoms. The van der Waals surface area contributed by atoms with Crippen LogP contribution < -0.4 is 9.80 Å². The van der Waals surface area contributed by atoms with Crippen LogP contribution >= 0.6 is 0 Å². The van der Waals surface area contributed by atoms with Crippen molar-refractivity contribution in [2.45, 2.75) is 0 Å². The highest BCUT2D eigenvalue weighted by molar-refractivity contribution is 5.79. The fraction of sp³-hybridized carbons (Fsp3) is 0.250. The zero-order valence-electron chi connectivity index (χ0n) is 11.8. The van der Waals surface area contributed by atoms with Crippen LogP contribution in [0.3, 0.4) is 0 Å². The van der Waals surface area contributed by atoms with Crippen molar-refractivity contribution in [3.05, 3.63) is 48.3 Å². The van der Waals surface area contributed by atoms with Gasteiger partial charge < -0.3 is 9.80 Å². The summed E-state index contributed by atoms with van der Waals surface area (Å²) in [6.45, 7) is 0. The predicted molar refractivity (Wildman–Crippen MR) is 80.5 cm³/mol. The summed E-state index contributed by atoms with van der Waals surface area (Å²) in [5.74, 6) is -0.191. The van der Waals surface area contributed by atoms with Gasteiger partial charge in [-0.15, -0.1) is 0 Å². The molecule has 0 aliphatic heterocycles. The summed E-state index contributed by atoms with van der Waals surface area (Å²) in [5, 5.41) is 0. The maximum absolute atomic E-state index is 14.1. The Kier molecular flexibility index (Phi) is 3.74. The van der Waals surface area contributed by atoms with Crippen molar-refractivity contribution in [2.24, 2.45) is 0 Å². The van der Waals surface area contributed by atoms with Gasteiger partial charge in [0.2, 0.25) is 0 Å². The molecule has 0 aliphatic rings. The van der Waals surface area contributed by atoms with Crippen molar-refractivity contribution in [2.75, 3.05) is 38.0 Å². The maximum Gasteiger partial charge on any atom is 0.133 e. The average Bonchev–Trinajstić information content (AvgIpc) is 2.38. The Morgan fingerprint density at radius 2 is 1.42 bits per heavy atom. The van der Waals surface area contributed by atoms with Crippen molar-refractivity contribution < 1.29 is 4.39 Å². The van der Waals surface area contributed by atoms with Gasteiger partial charge in [-0.25, -0.2) is 4.39 Å². The molecule has 2 aromatic carbocycles. The monoisotopic (exact) mass is 258 g/mol. The molecule has 2 aromatic rings. The molecule has 0 aromatic heterocycles. The molecule has 0 aliphatic carbocycles. The first-order valence-electron chi connectivity index (χ1n) is 6.24. The number of hydrogen-bond acceptors (Lipinski definition) is 2. The zero-order valence-corrected chi connectivity index (χ0v) is 11.8. The minimum atomic E-state index is -0.191. The molecule has 0 N–H and O–H groups in total. The summed E-state index contributed by atoms with van der Waals surface area (Å²) < 4.78 is 14.1.